The maximum atomic E-state index is 6.03. The highest BCUT2D eigenvalue weighted by Gasteiger charge is 2.05. The molecule has 0 aliphatic carbocycles. The first-order valence-corrected chi connectivity index (χ1v) is 7.93. The zero-order valence-corrected chi connectivity index (χ0v) is 13.1. The summed E-state index contributed by atoms with van der Waals surface area (Å²) in [6.45, 7) is 0.579. The number of rotatable bonds is 6. The predicted octanol–water partition coefficient (Wildman–Crippen LogP) is 5.20. The molecule has 0 unspecified atom stereocenters. The quantitative estimate of drug-likeness (QED) is 0.534. The van der Waals surface area contributed by atoms with Crippen molar-refractivity contribution in [1.29, 1.82) is 0 Å². The number of nitrogens with zero attached hydrogens (tertiary/aromatic N) is 1. The molecule has 0 aliphatic rings. The van der Waals surface area contributed by atoms with Gasteiger partial charge in [-0.05, 0) is 18.6 Å². The molecule has 0 saturated heterocycles. The third-order valence-corrected chi connectivity index (χ3v) is 4.48. The Hall–Kier alpha value is -0.480. The summed E-state index contributed by atoms with van der Waals surface area (Å²) in [4.78, 5) is 4.39. The average Bonchev–Trinajstić information content (AvgIpc) is 2.87. The standard InChI is InChI=1S/C13H12Cl3NOS/c14-7-9-8-19-12(17-9)5-2-6-18-11-4-1-3-10(15)13(11)16/h1,3-4,8H,2,5-7H2. The lowest BCUT2D eigenvalue weighted by molar-refractivity contribution is 0.311. The summed E-state index contributed by atoms with van der Waals surface area (Å²) in [6, 6.07) is 5.36. The maximum Gasteiger partial charge on any atom is 0.139 e. The number of benzene rings is 1. The van der Waals surface area contributed by atoms with Crippen LogP contribution in [0, 0.1) is 0 Å². The second-order valence-corrected chi connectivity index (χ2v) is 5.87. The second-order valence-electron chi connectivity index (χ2n) is 3.87. The first kappa shape index (κ1) is 14.9. The van der Waals surface area contributed by atoms with Gasteiger partial charge in [0.05, 0.1) is 28.2 Å². The summed E-state index contributed by atoms with van der Waals surface area (Å²) in [7, 11) is 0. The number of aryl methyl sites for hydroxylation is 1. The smallest absolute Gasteiger partial charge is 0.139 e. The Bertz CT molecular complexity index is 544. The van der Waals surface area contributed by atoms with E-state index in [1.54, 1.807) is 17.4 Å². The first-order chi connectivity index (χ1) is 9.20. The van der Waals surface area contributed by atoms with Crippen molar-refractivity contribution in [3.05, 3.63) is 44.3 Å². The van der Waals surface area contributed by atoms with Gasteiger partial charge in [0.2, 0.25) is 0 Å². The Labute approximate surface area is 131 Å². The van der Waals surface area contributed by atoms with E-state index >= 15 is 0 Å². The predicted molar refractivity (Wildman–Crippen MR) is 81.9 cm³/mol. The van der Waals surface area contributed by atoms with Crippen molar-refractivity contribution in [3.8, 4) is 5.75 Å². The van der Waals surface area contributed by atoms with E-state index in [4.69, 9.17) is 39.5 Å². The monoisotopic (exact) mass is 335 g/mol. The Morgan fingerprint density at radius 3 is 2.84 bits per heavy atom. The largest absolute Gasteiger partial charge is 0.492 e. The molecular weight excluding hydrogens is 325 g/mol. The van der Waals surface area contributed by atoms with E-state index in [0.29, 0.717) is 28.3 Å². The van der Waals surface area contributed by atoms with Crippen LogP contribution in [-0.4, -0.2) is 11.6 Å². The van der Waals surface area contributed by atoms with Crippen LogP contribution in [0.15, 0.2) is 23.6 Å². The molecule has 0 bridgehead atoms. The molecule has 0 atom stereocenters. The van der Waals surface area contributed by atoms with Crippen LogP contribution in [0.25, 0.3) is 0 Å². The zero-order chi connectivity index (χ0) is 13.7. The van der Waals surface area contributed by atoms with E-state index in [9.17, 15) is 0 Å². The molecule has 1 heterocycles. The first-order valence-electron chi connectivity index (χ1n) is 5.76. The van der Waals surface area contributed by atoms with Crippen LogP contribution >= 0.6 is 46.1 Å². The van der Waals surface area contributed by atoms with Gasteiger partial charge in [0.1, 0.15) is 10.8 Å². The lowest BCUT2D eigenvalue weighted by Gasteiger charge is -2.08. The molecular formula is C13H12Cl3NOS. The van der Waals surface area contributed by atoms with Crippen LogP contribution < -0.4 is 4.74 Å². The number of aromatic nitrogens is 1. The molecule has 1 aromatic carbocycles. The zero-order valence-electron chi connectivity index (χ0n) is 10.0. The molecule has 0 amide bonds. The lowest BCUT2D eigenvalue weighted by atomic mass is 10.3. The van der Waals surface area contributed by atoms with Crippen LogP contribution in [0.2, 0.25) is 10.0 Å². The number of alkyl halides is 1. The molecule has 0 radical (unpaired) electrons. The minimum atomic E-state index is 0.461. The number of ether oxygens (including phenoxy) is 1. The number of hydrogen-bond donors (Lipinski definition) is 0. The van der Waals surface area contributed by atoms with Crippen molar-refractivity contribution in [2.45, 2.75) is 18.7 Å². The van der Waals surface area contributed by atoms with Gasteiger partial charge in [-0.2, -0.15) is 0 Å². The fourth-order valence-electron chi connectivity index (χ4n) is 1.53. The molecule has 0 aliphatic heterocycles. The van der Waals surface area contributed by atoms with E-state index in [1.165, 1.54) is 0 Å². The van der Waals surface area contributed by atoms with Crippen molar-refractivity contribution in [2.24, 2.45) is 0 Å². The topological polar surface area (TPSA) is 22.1 Å². The molecule has 0 fully saturated rings. The number of halogens is 3. The molecule has 2 nitrogen and oxygen atoms in total. The highest BCUT2D eigenvalue weighted by Crippen LogP contribution is 2.31. The highest BCUT2D eigenvalue weighted by molar-refractivity contribution is 7.09. The van der Waals surface area contributed by atoms with E-state index in [2.05, 4.69) is 4.98 Å². The molecule has 2 rings (SSSR count). The molecule has 0 N–H and O–H groups in total. The van der Waals surface area contributed by atoms with E-state index in [0.717, 1.165) is 23.5 Å². The van der Waals surface area contributed by atoms with Gasteiger partial charge < -0.3 is 4.74 Å². The van der Waals surface area contributed by atoms with Gasteiger partial charge >= 0.3 is 0 Å². The van der Waals surface area contributed by atoms with Crippen LogP contribution in [0.5, 0.6) is 5.75 Å². The molecule has 102 valence electrons. The summed E-state index contributed by atoms with van der Waals surface area (Å²) in [5.74, 6) is 1.08. The van der Waals surface area contributed by atoms with Crippen LogP contribution in [0.3, 0.4) is 0 Å². The van der Waals surface area contributed by atoms with Crippen molar-refractivity contribution in [3.63, 3.8) is 0 Å². The van der Waals surface area contributed by atoms with Crippen LogP contribution in [-0.2, 0) is 12.3 Å². The minimum Gasteiger partial charge on any atom is -0.492 e. The van der Waals surface area contributed by atoms with Gasteiger partial charge in [-0.15, -0.1) is 22.9 Å². The number of thiazole rings is 1. The molecule has 6 heteroatoms. The van der Waals surface area contributed by atoms with Crippen molar-refractivity contribution >= 4 is 46.1 Å². The van der Waals surface area contributed by atoms with E-state index in [-0.39, 0.29) is 0 Å². The normalized spacial score (nSPS) is 10.7. The van der Waals surface area contributed by atoms with E-state index in [1.807, 2.05) is 17.5 Å². The molecule has 0 spiro atoms. The van der Waals surface area contributed by atoms with Crippen LogP contribution in [0.4, 0.5) is 0 Å². The van der Waals surface area contributed by atoms with Gasteiger partial charge in [0.25, 0.3) is 0 Å². The maximum absolute atomic E-state index is 6.03. The summed E-state index contributed by atoms with van der Waals surface area (Å²) >= 11 is 19.3. The van der Waals surface area contributed by atoms with E-state index < -0.39 is 0 Å². The summed E-state index contributed by atoms with van der Waals surface area (Å²) in [6.07, 6.45) is 1.75. The fourth-order valence-corrected chi connectivity index (χ4v) is 2.94. The summed E-state index contributed by atoms with van der Waals surface area (Å²) in [5, 5.41) is 4.03. The van der Waals surface area contributed by atoms with Gasteiger partial charge in [0.15, 0.2) is 0 Å². The summed E-state index contributed by atoms with van der Waals surface area (Å²) < 4.78 is 5.61. The van der Waals surface area contributed by atoms with Crippen LogP contribution in [0.1, 0.15) is 17.1 Å². The Morgan fingerprint density at radius 2 is 2.11 bits per heavy atom. The van der Waals surface area contributed by atoms with Crippen molar-refractivity contribution in [2.75, 3.05) is 6.61 Å². The average molecular weight is 337 g/mol. The molecule has 1 aromatic heterocycles. The van der Waals surface area contributed by atoms with Gasteiger partial charge in [-0.25, -0.2) is 4.98 Å². The molecule has 19 heavy (non-hydrogen) atoms. The second kappa shape index (κ2) is 7.34. The van der Waals surface area contributed by atoms with Gasteiger partial charge in [-0.3, -0.25) is 0 Å². The SMILES string of the molecule is ClCc1csc(CCCOc2cccc(Cl)c2Cl)n1. The summed E-state index contributed by atoms with van der Waals surface area (Å²) in [5.41, 5.74) is 0.931. The van der Waals surface area contributed by atoms with Gasteiger partial charge in [-0.1, -0.05) is 29.3 Å². The Balaban J connectivity index is 1.79. The van der Waals surface area contributed by atoms with Crippen molar-refractivity contribution in [1.82, 2.24) is 4.98 Å². The number of hydrogen-bond acceptors (Lipinski definition) is 3. The fraction of sp³-hybridized carbons (Fsp3) is 0.308. The Morgan fingerprint density at radius 1 is 1.26 bits per heavy atom. The molecule has 2 aromatic rings. The van der Waals surface area contributed by atoms with Crippen molar-refractivity contribution < 1.29 is 4.74 Å². The van der Waals surface area contributed by atoms with Gasteiger partial charge in [0, 0.05) is 11.8 Å². The third kappa shape index (κ3) is 4.25. The molecule has 0 saturated carbocycles. The highest BCUT2D eigenvalue weighted by atomic mass is 35.5. The lowest BCUT2D eigenvalue weighted by Crippen LogP contribution is -2.00. The Kier molecular flexibility index (Phi) is 5.76. The third-order valence-electron chi connectivity index (χ3n) is 2.44. The minimum absolute atomic E-state index is 0.461.